The molecule has 0 spiro atoms. The number of aromatic nitrogens is 5. The van der Waals surface area contributed by atoms with E-state index < -0.39 is 27.8 Å². The Morgan fingerprint density at radius 3 is 2.57 bits per heavy atom. The van der Waals surface area contributed by atoms with Gasteiger partial charge in [0.05, 0.1) is 22.7 Å². The molecule has 0 radical (unpaired) electrons. The van der Waals surface area contributed by atoms with Crippen LogP contribution in [0.25, 0.3) is 0 Å². The smallest absolute Gasteiger partial charge is 0.282 e. The number of piperidine rings is 1. The van der Waals surface area contributed by atoms with E-state index in [2.05, 4.69) is 25.4 Å². The summed E-state index contributed by atoms with van der Waals surface area (Å²) in [6.07, 6.45) is -0.0228. The second-order valence-corrected chi connectivity index (χ2v) is 9.40. The van der Waals surface area contributed by atoms with Gasteiger partial charge in [0.25, 0.3) is 0 Å². The number of fused-ring (bicyclic) bond motifs is 4. The largest absolute Gasteiger partial charge is 0.416 e. The molecule has 2 bridgehead atoms. The highest BCUT2D eigenvalue weighted by Crippen LogP contribution is 2.48. The van der Waals surface area contributed by atoms with Crippen LogP contribution in [-0.2, 0) is 22.6 Å². The minimum absolute atomic E-state index is 0.0339. The summed E-state index contributed by atoms with van der Waals surface area (Å²) >= 11 is 0. The Kier molecular flexibility index (Phi) is 4.26. The Bertz CT molecular complexity index is 1160. The van der Waals surface area contributed by atoms with Gasteiger partial charge in [0.1, 0.15) is 6.33 Å². The quantitative estimate of drug-likeness (QED) is 0.654. The molecule has 3 aromatic rings. The van der Waals surface area contributed by atoms with Crippen molar-refractivity contribution in [1.29, 1.82) is 0 Å². The van der Waals surface area contributed by atoms with Gasteiger partial charge in [0, 0.05) is 29.6 Å². The first-order valence-electron chi connectivity index (χ1n) is 9.34. The zero-order chi connectivity index (χ0) is 21.1. The molecule has 1 fully saturated rings. The predicted molar refractivity (Wildman–Crippen MR) is 97.6 cm³/mol. The van der Waals surface area contributed by atoms with Gasteiger partial charge in [-0.15, -0.1) is 0 Å². The number of nitrogens with one attached hydrogen (secondary N) is 2. The fourth-order valence-corrected chi connectivity index (χ4v) is 6.34. The van der Waals surface area contributed by atoms with Crippen molar-refractivity contribution in [1.82, 2.24) is 29.7 Å². The van der Waals surface area contributed by atoms with Crippen LogP contribution in [0.5, 0.6) is 0 Å². The Labute approximate surface area is 169 Å². The molecule has 2 N–H and O–H groups in total. The topological polar surface area (TPSA) is 108 Å². The lowest BCUT2D eigenvalue weighted by Crippen LogP contribution is -2.51. The highest BCUT2D eigenvalue weighted by Gasteiger charge is 2.49. The number of hydrogen-bond acceptors (Lipinski definition) is 5. The molecule has 0 aliphatic carbocycles. The fraction of sp³-hybridized carbons (Fsp3) is 0.389. The van der Waals surface area contributed by atoms with E-state index in [4.69, 9.17) is 0 Å². The lowest BCUT2D eigenvalue weighted by atomic mass is 9.79. The normalized spacial score (nSPS) is 24.6. The third-order valence-corrected chi connectivity index (χ3v) is 7.81. The number of alkyl halides is 3. The van der Waals surface area contributed by atoms with Crippen molar-refractivity contribution in [3.8, 4) is 0 Å². The van der Waals surface area contributed by atoms with Crippen molar-refractivity contribution in [2.75, 3.05) is 0 Å². The van der Waals surface area contributed by atoms with Gasteiger partial charge >= 0.3 is 6.18 Å². The molecule has 3 atom stereocenters. The molecule has 158 valence electrons. The van der Waals surface area contributed by atoms with Crippen molar-refractivity contribution < 1.29 is 21.6 Å². The summed E-state index contributed by atoms with van der Waals surface area (Å²) in [5, 5.41) is 13.9. The van der Waals surface area contributed by atoms with Crippen molar-refractivity contribution in [3.05, 3.63) is 59.4 Å². The molecule has 5 rings (SSSR count). The van der Waals surface area contributed by atoms with E-state index in [1.54, 1.807) is 6.20 Å². The number of rotatable bonds is 3. The summed E-state index contributed by atoms with van der Waals surface area (Å²) in [5.74, 6) is 0.594. The van der Waals surface area contributed by atoms with Crippen molar-refractivity contribution in [2.45, 2.75) is 48.3 Å². The SMILES string of the molecule is O=S(=O)(c1ccc(C(F)(F)F)cc1)N1C2Cc3[nH]ncc3C1CC(c1nc[nH]n1)C2. The number of benzene rings is 1. The first-order valence-corrected chi connectivity index (χ1v) is 10.8. The van der Waals surface area contributed by atoms with E-state index in [0.29, 0.717) is 25.1 Å². The zero-order valence-electron chi connectivity index (χ0n) is 15.5. The number of hydrogen-bond donors (Lipinski definition) is 2. The monoisotopic (exact) mass is 438 g/mol. The second kappa shape index (κ2) is 6.64. The maximum Gasteiger partial charge on any atom is 0.416 e. The fourth-order valence-electron chi connectivity index (χ4n) is 4.53. The van der Waals surface area contributed by atoms with Gasteiger partial charge in [-0.1, -0.05) is 0 Å². The molecule has 0 saturated carbocycles. The van der Waals surface area contributed by atoms with Crippen molar-refractivity contribution in [3.63, 3.8) is 0 Å². The van der Waals surface area contributed by atoms with Crippen molar-refractivity contribution >= 4 is 10.0 Å². The number of halogens is 3. The summed E-state index contributed by atoms with van der Waals surface area (Å²) in [7, 11) is -4.02. The molecule has 1 aromatic carbocycles. The molecule has 4 heterocycles. The molecule has 8 nitrogen and oxygen atoms in total. The number of aromatic amines is 2. The maximum absolute atomic E-state index is 13.5. The maximum atomic E-state index is 13.5. The van der Waals surface area contributed by atoms with E-state index in [9.17, 15) is 21.6 Å². The third kappa shape index (κ3) is 3.01. The minimum Gasteiger partial charge on any atom is -0.282 e. The Morgan fingerprint density at radius 2 is 1.90 bits per heavy atom. The molecule has 2 aliphatic heterocycles. The third-order valence-electron chi connectivity index (χ3n) is 5.84. The van der Waals surface area contributed by atoms with Crippen LogP contribution in [0, 0.1) is 0 Å². The first kappa shape index (κ1) is 19.2. The average Bonchev–Trinajstić information content (AvgIpc) is 3.38. The summed E-state index contributed by atoms with van der Waals surface area (Å²) in [5.41, 5.74) is 0.779. The van der Waals surface area contributed by atoms with Gasteiger partial charge in [0.15, 0.2) is 5.82 Å². The van der Waals surface area contributed by atoms with Crippen LogP contribution in [0.2, 0.25) is 0 Å². The van der Waals surface area contributed by atoms with Crippen LogP contribution < -0.4 is 0 Å². The van der Waals surface area contributed by atoms with E-state index in [-0.39, 0.29) is 16.9 Å². The Hall–Kier alpha value is -2.73. The molecular formula is C18H17F3N6O2S. The van der Waals surface area contributed by atoms with Gasteiger partial charge in [-0.3, -0.25) is 10.2 Å². The molecule has 30 heavy (non-hydrogen) atoms. The summed E-state index contributed by atoms with van der Waals surface area (Å²) in [6.45, 7) is 0. The number of H-pyrrole nitrogens is 2. The van der Waals surface area contributed by atoms with E-state index in [0.717, 1.165) is 35.5 Å². The molecule has 2 aromatic heterocycles. The van der Waals surface area contributed by atoms with Gasteiger partial charge in [0.2, 0.25) is 10.0 Å². The Morgan fingerprint density at radius 1 is 1.13 bits per heavy atom. The zero-order valence-corrected chi connectivity index (χ0v) is 16.3. The summed E-state index contributed by atoms with van der Waals surface area (Å²) in [6, 6.07) is 2.75. The molecule has 0 amide bonds. The minimum atomic E-state index is -4.53. The molecule has 3 unspecified atom stereocenters. The van der Waals surface area contributed by atoms with E-state index in [1.807, 2.05) is 0 Å². The van der Waals surface area contributed by atoms with Crippen LogP contribution in [0.4, 0.5) is 13.2 Å². The second-order valence-electron chi connectivity index (χ2n) is 7.56. The lowest BCUT2D eigenvalue weighted by molar-refractivity contribution is -0.137. The molecule has 2 aliphatic rings. The van der Waals surface area contributed by atoms with Crippen LogP contribution in [0.3, 0.4) is 0 Å². The Balaban J connectivity index is 1.53. The van der Waals surface area contributed by atoms with Crippen LogP contribution in [0.1, 0.15) is 47.4 Å². The van der Waals surface area contributed by atoms with E-state index in [1.165, 1.54) is 10.6 Å². The van der Waals surface area contributed by atoms with Gasteiger partial charge in [-0.2, -0.15) is 27.7 Å². The lowest BCUT2D eigenvalue weighted by Gasteiger charge is -2.46. The number of sulfonamides is 1. The highest BCUT2D eigenvalue weighted by molar-refractivity contribution is 7.89. The summed E-state index contributed by atoms with van der Waals surface area (Å²) in [4.78, 5) is 4.07. The van der Waals surface area contributed by atoms with Crippen LogP contribution in [-0.4, -0.2) is 44.1 Å². The van der Waals surface area contributed by atoms with Gasteiger partial charge in [-0.25, -0.2) is 13.4 Å². The molecule has 1 saturated heterocycles. The average molecular weight is 438 g/mol. The number of nitrogens with zero attached hydrogens (tertiary/aromatic N) is 4. The highest BCUT2D eigenvalue weighted by atomic mass is 32.2. The van der Waals surface area contributed by atoms with E-state index >= 15 is 0 Å². The van der Waals surface area contributed by atoms with Gasteiger partial charge in [-0.05, 0) is 37.1 Å². The molecule has 12 heteroatoms. The summed E-state index contributed by atoms with van der Waals surface area (Å²) < 4.78 is 67.0. The predicted octanol–water partition coefficient (Wildman–Crippen LogP) is 2.78. The first-order chi connectivity index (χ1) is 14.2. The van der Waals surface area contributed by atoms with Crippen LogP contribution in [0.15, 0.2) is 41.7 Å². The van der Waals surface area contributed by atoms with Crippen LogP contribution >= 0.6 is 0 Å². The van der Waals surface area contributed by atoms with Gasteiger partial charge < -0.3 is 0 Å². The van der Waals surface area contributed by atoms with Crippen molar-refractivity contribution in [2.24, 2.45) is 0 Å². The molecular weight excluding hydrogens is 421 g/mol. The standard InChI is InChI=1S/C18H17F3N6O2S/c19-18(20,21)11-1-3-13(4-2-11)30(28,29)27-12-5-10(17-22-9-24-26-17)6-16(27)14-8-23-25-15(14)7-12/h1-4,8-10,12,16H,5-7H2,(H,23,25)(H,22,24,26).